The van der Waals surface area contributed by atoms with E-state index in [1.807, 2.05) is 6.07 Å². The summed E-state index contributed by atoms with van der Waals surface area (Å²) in [5.41, 5.74) is 5.12. The zero-order valence-electron chi connectivity index (χ0n) is 17.2. The number of phenols is 1. The molecule has 0 bridgehead atoms. The van der Waals surface area contributed by atoms with Gasteiger partial charge in [-0.2, -0.15) is 0 Å². The van der Waals surface area contributed by atoms with Crippen molar-refractivity contribution < 1.29 is 19.3 Å². The molecule has 2 aromatic carbocycles. The van der Waals surface area contributed by atoms with Crippen molar-refractivity contribution in [1.82, 2.24) is 4.90 Å². The van der Waals surface area contributed by atoms with Crippen LogP contribution in [0.3, 0.4) is 0 Å². The van der Waals surface area contributed by atoms with Gasteiger partial charge in [-0.15, -0.1) is 0 Å². The van der Waals surface area contributed by atoms with Gasteiger partial charge in [0.25, 0.3) is 0 Å². The summed E-state index contributed by atoms with van der Waals surface area (Å²) in [6.07, 6.45) is 5.68. The third-order valence-corrected chi connectivity index (χ3v) is 6.88. The van der Waals surface area contributed by atoms with E-state index in [9.17, 15) is 5.11 Å². The van der Waals surface area contributed by atoms with Gasteiger partial charge in [0.15, 0.2) is 23.0 Å². The van der Waals surface area contributed by atoms with Gasteiger partial charge < -0.3 is 19.3 Å². The first-order chi connectivity index (χ1) is 14.2. The Kier molecular flexibility index (Phi) is 4.78. The summed E-state index contributed by atoms with van der Waals surface area (Å²) in [5, 5.41) is 10.5. The van der Waals surface area contributed by atoms with Crippen LogP contribution >= 0.6 is 0 Å². The summed E-state index contributed by atoms with van der Waals surface area (Å²) in [6.45, 7) is 2.62. The fraction of sp³-hybridized carbons (Fsp3) is 0.500. The number of methoxy groups -OCH3 is 2. The van der Waals surface area contributed by atoms with Crippen LogP contribution in [0.5, 0.6) is 23.0 Å². The largest absolute Gasteiger partial charge is 0.504 e. The average Bonchev–Trinajstić information content (AvgIpc) is 2.70. The van der Waals surface area contributed by atoms with Crippen LogP contribution in [-0.2, 0) is 19.4 Å². The van der Waals surface area contributed by atoms with Crippen LogP contribution in [0.2, 0.25) is 0 Å². The van der Waals surface area contributed by atoms with Gasteiger partial charge in [-0.05, 0) is 78.1 Å². The summed E-state index contributed by atoms with van der Waals surface area (Å²) in [6, 6.07) is 8.52. The minimum absolute atomic E-state index is 0.264. The van der Waals surface area contributed by atoms with Crippen molar-refractivity contribution in [3.8, 4) is 23.0 Å². The fourth-order valence-electron chi connectivity index (χ4n) is 4.91. The molecular weight excluding hydrogens is 366 g/mol. The van der Waals surface area contributed by atoms with Crippen LogP contribution in [0.25, 0.3) is 0 Å². The number of aromatic hydroxyl groups is 1. The van der Waals surface area contributed by atoms with Crippen LogP contribution < -0.4 is 14.2 Å². The van der Waals surface area contributed by atoms with Gasteiger partial charge in [-0.3, -0.25) is 4.90 Å². The van der Waals surface area contributed by atoms with E-state index in [-0.39, 0.29) is 5.75 Å². The number of hydrogen-bond acceptors (Lipinski definition) is 5. The van der Waals surface area contributed by atoms with Gasteiger partial charge in [0.2, 0.25) is 0 Å². The van der Waals surface area contributed by atoms with Crippen molar-refractivity contribution in [2.24, 2.45) is 5.92 Å². The Balaban J connectivity index is 1.42. The second-order valence-electron chi connectivity index (χ2n) is 8.54. The summed E-state index contributed by atoms with van der Waals surface area (Å²) >= 11 is 0. The van der Waals surface area contributed by atoms with Gasteiger partial charge in [-0.1, -0.05) is 6.42 Å². The molecule has 5 heteroatoms. The second-order valence-corrected chi connectivity index (χ2v) is 8.54. The topological polar surface area (TPSA) is 51.2 Å². The number of nitrogens with zero attached hydrogens (tertiary/aromatic N) is 1. The maximum absolute atomic E-state index is 10.5. The molecule has 1 aliphatic carbocycles. The maximum Gasteiger partial charge on any atom is 0.161 e. The zero-order chi connectivity index (χ0) is 20.0. The van der Waals surface area contributed by atoms with Crippen LogP contribution in [0, 0.1) is 5.92 Å². The smallest absolute Gasteiger partial charge is 0.161 e. The Bertz CT molecular complexity index is 922. The van der Waals surface area contributed by atoms with E-state index in [1.54, 1.807) is 14.2 Å². The fourth-order valence-corrected chi connectivity index (χ4v) is 4.91. The first-order valence-corrected chi connectivity index (χ1v) is 10.6. The monoisotopic (exact) mass is 395 g/mol. The molecule has 1 unspecified atom stereocenters. The van der Waals surface area contributed by atoms with E-state index in [0.29, 0.717) is 24.3 Å². The lowest BCUT2D eigenvalue weighted by molar-refractivity contribution is 0.157. The van der Waals surface area contributed by atoms with Crippen LogP contribution in [0.15, 0.2) is 24.3 Å². The van der Waals surface area contributed by atoms with E-state index < -0.39 is 0 Å². The summed E-state index contributed by atoms with van der Waals surface area (Å²) in [4.78, 5) is 2.53. The number of hydrogen-bond donors (Lipinski definition) is 1. The molecule has 154 valence electrons. The number of benzene rings is 2. The molecule has 0 saturated heterocycles. The number of phenolic OH excluding ortho intramolecular Hbond substituents is 1. The van der Waals surface area contributed by atoms with Crippen molar-refractivity contribution in [3.63, 3.8) is 0 Å². The average molecular weight is 395 g/mol. The Hall–Kier alpha value is -2.40. The lowest BCUT2D eigenvalue weighted by Crippen LogP contribution is -2.39. The Labute approximate surface area is 172 Å². The molecule has 29 heavy (non-hydrogen) atoms. The molecule has 3 aliphatic rings. The van der Waals surface area contributed by atoms with Gasteiger partial charge in [0.05, 0.1) is 20.8 Å². The van der Waals surface area contributed by atoms with Crippen molar-refractivity contribution in [1.29, 1.82) is 0 Å². The third-order valence-electron chi connectivity index (χ3n) is 6.88. The van der Waals surface area contributed by atoms with E-state index >= 15 is 0 Å². The van der Waals surface area contributed by atoms with Gasteiger partial charge >= 0.3 is 0 Å². The second kappa shape index (κ2) is 7.45. The Morgan fingerprint density at radius 1 is 0.966 bits per heavy atom. The predicted molar refractivity (Wildman–Crippen MR) is 111 cm³/mol. The number of ether oxygens (including phenoxy) is 3. The summed E-state index contributed by atoms with van der Waals surface area (Å²) in [7, 11) is 3.37. The summed E-state index contributed by atoms with van der Waals surface area (Å²) < 4.78 is 17.0. The SMILES string of the molecule is COc1cc2c(cc1OC)C1Cc3cc(O)c(OCC4CCC4)cc3CN1CC2. The lowest BCUT2D eigenvalue weighted by atomic mass is 9.83. The molecule has 1 atom stereocenters. The van der Waals surface area contributed by atoms with Crippen molar-refractivity contribution >= 4 is 0 Å². The van der Waals surface area contributed by atoms with Crippen molar-refractivity contribution in [2.45, 2.75) is 44.7 Å². The first-order valence-electron chi connectivity index (χ1n) is 10.6. The molecule has 2 heterocycles. The standard InChI is InChI=1S/C24H29NO4/c1-27-23-10-16-6-7-25-13-18-11-22(29-14-15-4-3-5-15)21(26)9-17(18)8-20(25)19(16)12-24(23)28-2/h9-12,15,20,26H,3-8,13-14H2,1-2H3. The minimum Gasteiger partial charge on any atom is -0.504 e. The highest BCUT2D eigenvalue weighted by Gasteiger charge is 2.34. The Morgan fingerprint density at radius 2 is 1.72 bits per heavy atom. The van der Waals surface area contributed by atoms with Crippen molar-refractivity contribution in [2.75, 3.05) is 27.4 Å². The highest BCUT2D eigenvalue weighted by atomic mass is 16.5. The van der Waals surface area contributed by atoms with Crippen molar-refractivity contribution in [3.05, 3.63) is 46.5 Å². The normalized spacial score (nSPS) is 20.8. The number of fused-ring (bicyclic) bond motifs is 4. The van der Waals surface area contributed by atoms with E-state index in [2.05, 4.69) is 23.1 Å². The van der Waals surface area contributed by atoms with Gasteiger partial charge in [0.1, 0.15) is 0 Å². The lowest BCUT2D eigenvalue weighted by Gasteiger charge is -2.41. The summed E-state index contributed by atoms with van der Waals surface area (Å²) in [5.74, 6) is 3.13. The molecule has 1 fully saturated rings. The van der Waals surface area contributed by atoms with Crippen LogP contribution in [0.1, 0.15) is 47.6 Å². The zero-order valence-corrected chi connectivity index (χ0v) is 17.2. The van der Waals surface area contributed by atoms with Crippen LogP contribution in [-0.4, -0.2) is 37.4 Å². The molecule has 1 saturated carbocycles. The highest BCUT2D eigenvalue weighted by Crippen LogP contribution is 2.44. The van der Waals surface area contributed by atoms with Gasteiger partial charge in [-0.25, -0.2) is 0 Å². The molecule has 5 rings (SSSR count). The first kappa shape index (κ1) is 18.6. The van der Waals surface area contributed by atoms with E-state index in [1.165, 1.54) is 41.5 Å². The quantitative estimate of drug-likeness (QED) is 0.821. The third kappa shape index (κ3) is 3.31. The minimum atomic E-state index is 0.264. The van der Waals surface area contributed by atoms with Crippen LogP contribution in [0.4, 0.5) is 0 Å². The molecule has 0 amide bonds. The molecule has 0 spiro atoms. The molecule has 0 aromatic heterocycles. The van der Waals surface area contributed by atoms with E-state index in [4.69, 9.17) is 14.2 Å². The molecular formula is C24H29NO4. The molecule has 1 N–H and O–H groups in total. The van der Waals surface area contributed by atoms with E-state index in [0.717, 1.165) is 37.4 Å². The molecule has 2 aliphatic heterocycles. The predicted octanol–water partition coefficient (Wildman–Crippen LogP) is 4.24. The molecule has 2 aromatic rings. The molecule has 5 nitrogen and oxygen atoms in total. The number of rotatable bonds is 5. The highest BCUT2D eigenvalue weighted by molar-refractivity contribution is 5.52. The maximum atomic E-state index is 10.5. The molecule has 0 radical (unpaired) electrons. The van der Waals surface area contributed by atoms with Gasteiger partial charge in [0, 0.05) is 19.1 Å². The Morgan fingerprint density at radius 3 is 2.45 bits per heavy atom.